The van der Waals surface area contributed by atoms with Crippen molar-refractivity contribution in [3.05, 3.63) is 29.3 Å². The van der Waals surface area contributed by atoms with Crippen LogP contribution >= 0.6 is 0 Å². The van der Waals surface area contributed by atoms with E-state index in [1.807, 2.05) is 6.92 Å². The molecule has 0 atom stereocenters. The highest BCUT2D eigenvalue weighted by atomic mass is 19.1. The average Bonchev–Trinajstić information content (AvgIpc) is 2.96. The fraction of sp³-hybridized carbons (Fsp3) is 0.625. The van der Waals surface area contributed by atoms with Crippen LogP contribution in [0.2, 0.25) is 0 Å². The third kappa shape index (κ3) is 4.93. The Balaban J connectivity index is 1.81. The van der Waals surface area contributed by atoms with Gasteiger partial charge in [-0.15, -0.1) is 0 Å². The van der Waals surface area contributed by atoms with Crippen molar-refractivity contribution >= 4 is 0 Å². The van der Waals surface area contributed by atoms with E-state index in [4.69, 9.17) is 4.74 Å². The molecular formula is C16H24F2N2O. The first-order valence-electron chi connectivity index (χ1n) is 7.74. The molecule has 3 nitrogen and oxygen atoms in total. The van der Waals surface area contributed by atoms with Gasteiger partial charge < -0.3 is 15.0 Å². The molecule has 0 bridgehead atoms. The van der Waals surface area contributed by atoms with Crippen LogP contribution in [-0.2, 0) is 6.54 Å². The summed E-state index contributed by atoms with van der Waals surface area (Å²) in [7, 11) is 0. The van der Waals surface area contributed by atoms with Gasteiger partial charge in [-0.2, -0.15) is 0 Å². The van der Waals surface area contributed by atoms with Crippen LogP contribution in [0.5, 0.6) is 5.75 Å². The van der Waals surface area contributed by atoms with Crippen LogP contribution in [0.15, 0.2) is 12.1 Å². The van der Waals surface area contributed by atoms with Crippen molar-refractivity contribution in [2.75, 3.05) is 32.8 Å². The zero-order chi connectivity index (χ0) is 15.1. The fourth-order valence-electron chi connectivity index (χ4n) is 2.59. The lowest BCUT2D eigenvalue weighted by Crippen LogP contribution is -2.22. The zero-order valence-corrected chi connectivity index (χ0v) is 12.6. The third-order valence-electron chi connectivity index (χ3n) is 3.70. The number of nitrogens with one attached hydrogen (secondary N) is 1. The lowest BCUT2D eigenvalue weighted by molar-refractivity contribution is 0.247. The Morgan fingerprint density at radius 1 is 1.19 bits per heavy atom. The molecule has 1 aliphatic heterocycles. The highest BCUT2D eigenvalue weighted by Crippen LogP contribution is 2.23. The molecule has 1 heterocycles. The molecule has 0 amide bonds. The SMILES string of the molecule is CCNCc1cc(F)c(OCCCN2CCCC2)c(F)c1. The number of hydrogen-bond donors (Lipinski definition) is 1. The van der Waals surface area contributed by atoms with E-state index in [2.05, 4.69) is 10.2 Å². The zero-order valence-electron chi connectivity index (χ0n) is 12.6. The Labute approximate surface area is 125 Å². The van der Waals surface area contributed by atoms with Crippen molar-refractivity contribution in [2.24, 2.45) is 0 Å². The monoisotopic (exact) mass is 298 g/mol. The van der Waals surface area contributed by atoms with Gasteiger partial charge in [-0.1, -0.05) is 6.92 Å². The van der Waals surface area contributed by atoms with Crippen LogP contribution < -0.4 is 10.1 Å². The normalized spacial score (nSPS) is 15.6. The molecule has 1 N–H and O–H groups in total. The van der Waals surface area contributed by atoms with Crippen LogP contribution in [0.1, 0.15) is 31.7 Å². The van der Waals surface area contributed by atoms with E-state index in [1.54, 1.807) is 0 Å². The molecule has 21 heavy (non-hydrogen) atoms. The molecular weight excluding hydrogens is 274 g/mol. The predicted molar refractivity (Wildman–Crippen MR) is 79.5 cm³/mol. The van der Waals surface area contributed by atoms with Crippen molar-refractivity contribution in [3.8, 4) is 5.75 Å². The maximum Gasteiger partial charge on any atom is 0.190 e. The summed E-state index contributed by atoms with van der Waals surface area (Å²) in [6.07, 6.45) is 3.28. The number of nitrogens with zero attached hydrogens (tertiary/aromatic N) is 1. The summed E-state index contributed by atoms with van der Waals surface area (Å²) < 4.78 is 33.0. The van der Waals surface area contributed by atoms with E-state index in [1.165, 1.54) is 25.0 Å². The molecule has 118 valence electrons. The van der Waals surface area contributed by atoms with Gasteiger partial charge in [0, 0.05) is 13.1 Å². The minimum Gasteiger partial charge on any atom is -0.488 e. The Morgan fingerprint density at radius 2 is 1.86 bits per heavy atom. The summed E-state index contributed by atoms with van der Waals surface area (Å²) in [5.41, 5.74) is 0.594. The van der Waals surface area contributed by atoms with Crippen LogP contribution in [0.3, 0.4) is 0 Å². The number of rotatable bonds is 8. The average molecular weight is 298 g/mol. The lowest BCUT2D eigenvalue weighted by atomic mass is 10.2. The Morgan fingerprint density at radius 3 is 2.48 bits per heavy atom. The van der Waals surface area contributed by atoms with E-state index in [0.29, 0.717) is 18.7 Å². The van der Waals surface area contributed by atoms with Crippen LogP contribution in [0.25, 0.3) is 0 Å². The molecule has 5 heteroatoms. The molecule has 0 aliphatic carbocycles. The molecule has 1 aromatic rings. The van der Waals surface area contributed by atoms with E-state index in [9.17, 15) is 8.78 Å². The van der Waals surface area contributed by atoms with Crippen molar-refractivity contribution in [2.45, 2.75) is 32.7 Å². The second kappa shape index (κ2) is 8.29. The number of likely N-dealkylation sites (tertiary alicyclic amines) is 1. The topological polar surface area (TPSA) is 24.5 Å². The Kier molecular flexibility index (Phi) is 6.39. The van der Waals surface area contributed by atoms with Gasteiger partial charge in [0.15, 0.2) is 17.4 Å². The summed E-state index contributed by atoms with van der Waals surface area (Å²) in [5, 5.41) is 3.04. The molecule has 1 fully saturated rings. The molecule has 0 aromatic heterocycles. The highest BCUT2D eigenvalue weighted by Gasteiger charge is 2.14. The highest BCUT2D eigenvalue weighted by molar-refractivity contribution is 5.31. The molecule has 0 unspecified atom stereocenters. The molecule has 0 radical (unpaired) electrons. The maximum atomic E-state index is 13.9. The standard InChI is InChI=1S/C16H24F2N2O/c1-2-19-12-13-10-14(17)16(15(18)11-13)21-9-5-8-20-6-3-4-7-20/h10-11,19H,2-9,12H2,1H3. The van der Waals surface area contributed by atoms with Gasteiger partial charge in [0.05, 0.1) is 6.61 Å². The molecule has 2 rings (SSSR count). The van der Waals surface area contributed by atoms with Crippen LogP contribution in [0, 0.1) is 11.6 Å². The summed E-state index contributed by atoms with van der Waals surface area (Å²) >= 11 is 0. The Hall–Kier alpha value is -1.20. The number of hydrogen-bond acceptors (Lipinski definition) is 3. The number of halogens is 2. The summed E-state index contributed by atoms with van der Waals surface area (Å²) in [5.74, 6) is -1.50. The molecule has 0 saturated carbocycles. The van der Waals surface area contributed by atoms with Crippen molar-refractivity contribution in [1.82, 2.24) is 10.2 Å². The summed E-state index contributed by atoms with van der Waals surface area (Å²) in [6.45, 7) is 6.70. The second-order valence-electron chi connectivity index (χ2n) is 5.42. The summed E-state index contributed by atoms with van der Waals surface area (Å²) in [6, 6.07) is 2.67. The first kappa shape index (κ1) is 16.2. The number of benzene rings is 1. The van der Waals surface area contributed by atoms with Gasteiger partial charge in [0.2, 0.25) is 0 Å². The minimum atomic E-state index is -0.621. The first-order chi connectivity index (χ1) is 10.2. The van der Waals surface area contributed by atoms with Gasteiger partial charge in [-0.05, 0) is 56.6 Å². The van der Waals surface area contributed by atoms with E-state index >= 15 is 0 Å². The van der Waals surface area contributed by atoms with Crippen molar-refractivity contribution in [3.63, 3.8) is 0 Å². The van der Waals surface area contributed by atoms with Gasteiger partial charge >= 0.3 is 0 Å². The van der Waals surface area contributed by atoms with Crippen molar-refractivity contribution < 1.29 is 13.5 Å². The quantitative estimate of drug-likeness (QED) is 0.747. The van der Waals surface area contributed by atoms with Crippen LogP contribution in [-0.4, -0.2) is 37.7 Å². The fourth-order valence-corrected chi connectivity index (χ4v) is 2.59. The van der Waals surface area contributed by atoms with Gasteiger partial charge in [-0.25, -0.2) is 8.78 Å². The lowest BCUT2D eigenvalue weighted by Gasteiger charge is -2.15. The Bertz CT molecular complexity index is 425. The maximum absolute atomic E-state index is 13.9. The largest absolute Gasteiger partial charge is 0.488 e. The van der Waals surface area contributed by atoms with Gasteiger partial charge in [0.25, 0.3) is 0 Å². The smallest absolute Gasteiger partial charge is 0.190 e. The minimum absolute atomic E-state index is 0.253. The van der Waals surface area contributed by atoms with Gasteiger partial charge in [-0.3, -0.25) is 0 Å². The summed E-state index contributed by atoms with van der Waals surface area (Å²) in [4.78, 5) is 2.36. The number of ether oxygens (including phenoxy) is 1. The molecule has 1 aliphatic rings. The predicted octanol–water partition coefficient (Wildman–Crippen LogP) is 2.94. The molecule has 0 spiro atoms. The van der Waals surface area contributed by atoms with Gasteiger partial charge in [0.1, 0.15) is 0 Å². The first-order valence-corrected chi connectivity index (χ1v) is 7.74. The van der Waals surface area contributed by atoms with E-state index < -0.39 is 11.6 Å². The third-order valence-corrected chi connectivity index (χ3v) is 3.70. The van der Waals surface area contributed by atoms with E-state index in [0.717, 1.165) is 32.6 Å². The van der Waals surface area contributed by atoms with Crippen LogP contribution in [0.4, 0.5) is 8.78 Å². The molecule has 1 saturated heterocycles. The second-order valence-corrected chi connectivity index (χ2v) is 5.42. The molecule has 1 aromatic carbocycles. The van der Waals surface area contributed by atoms with Crippen molar-refractivity contribution in [1.29, 1.82) is 0 Å². The van der Waals surface area contributed by atoms with E-state index in [-0.39, 0.29) is 5.75 Å².